The summed E-state index contributed by atoms with van der Waals surface area (Å²) in [6.07, 6.45) is 1.02. The predicted octanol–water partition coefficient (Wildman–Crippen LogP) is 4.17. The summed E-state index contributed by atoms with van der Waals surface area (Å²) >= 11 is 0. The molecule has 0 aliphatic carbocycles. The van der Waals surface area contributed by atoms with Gasteiger partial charge >= 0.3 is 0 Å². The molecule has 2 aromatic carbocycles. The Labute approximate surface area is 121 Å². The largest absolute Gasteiger partial charge is 0.493 e. The van der Waals surface area contributed by atoms with E-state index in [1.54, 1.807) is 0 Å². The van der Waals surface area contributed by atoms with Crippen LogP contribution in [0.15, 0.2) is 42.5 Å². The highest BCUT2D eigenvalue weighted by atomic mass is 16.5. The highest BCUT2D eigenvalue weighted by Crippen LogP contribution is 2.32. The fourth-order valence-electron chi connectivity index (χ4n) is 2.30. The van der Waals surface area contributed by atoms with Crippen molar-refractivity contribution >= 4 is 0 Å². The zero-order valence-electron chi connectivity index (χ0n) is 12.6. The average molecular weight is 269 g/mol. The molecule has 0 unspecified atom stereocenters. The molecule has 1 N–H and O–H groups in total. The van der Waals surface area contributed by atoms with Crippen LogP contribution >= 0.6 is 0 Å². The number of ether oxygens (including phenoxy) is 1. The minimum atomic E-state index is 0.756. The first-order valence-corrected chi connectivity index (χ1v) is 7.22. The summed E-state index contributed by atoms with van der Waals surface area (Å²) in [7, 11) is 1.97. The van der Waals surface area contributed by atoms with Crippen LogP contribution in [0.1, 0.15) is 24.5 Å². The molecule has 20 heavy (non-hydrogen) atoms. The Balaban J connectivity index is 2.42. The molecular formula is C18H23NO. The molecule has 0 saturated carbocycles. The molecule has 0 heterocycles. The molecule has 0 aliphatic rings. The molecule has 0 spiro atoms. The van der Waals surface area contributed by atoms with Gasteiger partial charge in [-0.25, -0.2) is 0 Å². The number of benzene rings is 2. The van der Waals surface area contributed by atoms with Gasteiger partial charge in [0.05, 0.1) is 6.61 Å². The highest BCUT2D eigenvalue weighted by molar-refractivity contribution is 5.73. The van der Waals surface area contributed by atoms with Gasteiger partial charge in [0, 0.05) is 12.1 Å². The summed E-state index contributed by atoms with van der Waals surface area (Å²) < 4.78 is 5.88. The number of para-hydroxylation sites is 1. The van der Waals surface area contributed by atoms with Gasteiger partial charge in [0.25, 0.3) is 0 Å². The third-order valence-electron chi connectivity index (χ3n) is 3.32. The van der Waals surface area contributed by atoms with E-state index in [0.29, 0.717) is 0 Å². The standard InChI is InChI=1S/C18H23NO/c1-4-11-20-18-8-6-5-7-16(18)17-12-15(13-19-3)10-9-14(17)2/h5-10,12,19H,4,11,13H2,1-3H3. The van der Waals surface area contributed by atoms with Crippen LogP contribution in [-0.4, -0.2) is 13.7 Å². The number of hydrogen-bond donors (Lipinski definition) is 1. The van der Waals surface area contributed by atoms with E-state index in [2.05, 4.69) is 55.6 Å². The maximum absolute atomic E-state index is 5.88. The Morgan fingerprint density at radius 3 is 2.60 bits per heavy atom. The van der Waals surface area contributed by atoms with E-state index in [0.717, 1.165) is 25.3 Å². The Morgan fingerprint density at radius 2 is 1.85 bits per heavy atom. The van der Waals surface area contributed by atoms with Crippen LogP contribution in [0.3, 0.4) is 0 Å². The van der Waals surface area contributed by atoms with Gasteiger partial charge in [-0.3, -0.25) is 0 Å². The van der Waals surface area contributed by atoms with Crippen molar-refractivity contribution in [1.29, 1.82) is 0 Å². The summed E-state index contributed by atoms with van der Waals surface area (Å²) in [6.45, 7) is 5.91. The van der Waals surface area contributed by atoms with Crippen LogP contribution in [0.4, 0.5) is 0 Å². The van der Waals surface area contributed by atoms with E-state index in [9.17, 15) is 0 Å². The first kappa shape index (κ1) is 14.6. The first-order chi connectivity index (χ1) is 9.76. The van der Waals surface area contributed by atoms with E-state index >= 15 is 0 Å². The summed E-state index contributed by atoms with van der Waals surface area (Å²) in [4.78, 5) is 0. The molecule has 0 aliphatic heterocycles. The summed E-state index contributed by atoms with van der Waals surface area (Å²) in [5.41, 5.74) is 5.00. The van der Waals surface area contributed by atoms with Crippen LogP contribution < -0.4 is 10.1 Å². The van der Waals surface area contributed by atoms with Crippen LogP contribution in [0.2, 0.25) is 0 Å². The molecule has 2 rings (SSSR count). The Hall–Kier alpha value is -1.80. The molecule has 0 saturated heterocycles. The second-order valence-electron chi connectivity index (χ2n) is 5.02. The monoisotopic (exact) mass is 269 g/mol. The number of hydrogen-bond acceptors (Lipinski definition) is 2. The van der Waals surface area contributed by atoms with Gasteiger partial charge in [0.2, 0.25) is 0 Å². The first-order valence-electron chi connectivity index (χ1n) is 7.22. The van der Waals surface area contributed by atoms with Gasteiger partial charge < -0.3 is 10.1 Å². The molecule has 0 bridgehead atoms. The SMILES string of the molecule is CCCOc1ccccc1-c1cc(CNC)ccc1C. The summed E-state index contributed by atoms with van der Waals surface area (Å²) in [6, 6.07) is 14.9. The lowest BCUT2D eigenvalue weighted by Gasteiger charge is -2.14. The van der Waals surface area contributed by atoms with Crippen molar-refractivity contribution in [2.75, 3.05) is 13.7 Å². The fraction of sp³-hybridized carbons (Fsp3) is 0.333. The number of rotatable bonds is 6. The minimum Gasteiger partial charge on any atom is -0.493 e. The molecule has 0 amide bonds. The Bertz CT molecular complexity index is 563. The van der Waals surface area contributed by atoms with Crippen molar-refractivity contribution in [2.45, 2.75) is 26.8 Å². The van der Waals surface area contributed by atoms with E-state index in [1.165, 1.54) is 22.3 Å². The lowest BCUT2D eigenvalue weighted by atomic mass is 9.97. The quantitative estimate of drug-likeness (QED) is 0.849. The predicted molar refractivity (Wildman–Crippen MR) is 85.2 cm³/mol. The molecule has 0 radical (unpaired) electrons. The maximum atomic E-state index is 5.88. The molecule has 106 valence electrons. The van der Waals surface area contributed by atoms with Crippen molar-refractivity contribution in [2.24, 2.45) is 0 Å². The average Bonchev–Trinajstić information content (AvgIpc) is 2.48. The smallest absolute Gasteiger partial charge is 0.127 e. The van der Waals surface area contributed by atoms with Gasteiger partial charge in [-0.2, -0.15) is 0 Å². The Morgan fingerprint density at radius 1 is 1.05 bits per heavy atom. The topological polar surface area (TPSA) is 21.3 Å². The molecule has 2 aromatic rings. The highest BCUT2D eigenvalue weighted by Gasteiger charge is 2.09. The van der Waals surface area contributed by atoms with Crippen molar-refractivity contribution in [1.82, 2.24) is 5.32 Å². The fourth-order valence-corrected chi connectivity index (χ4v) is 2.30. The maximum Gasteiger partial charge on any atom is 0.127 e. The molecule has 0 aromatic heterocycles. The van der Waals surface area contributed by atoms with Gasteiger partial charge in [0.15, 0.2) is 0 Å². The van der Waals surface area contributed by atoms with Crippen molar-refractivity contribution in [3.05, 3.63) is 53.6 Å². The van der Waals surface area contributed by atoms with E-state index < -0.39 is 0 Å². The Kier molecular flexibility index (Phi) is 5.19. The van der Waals surface area contributed by atoms with Crippen molar-refractivity contribution in [3.8, 4) is 16.9 Å². The van der Waals surface area contributed by atoms with Gasteiger partial charge in [-0.1, -0.05) is 37.3 Å². The van der Waals surface area contributed by atoms with Crippen molar-refractivity contribution in [3.63, 3.8) is 0 Å². The minimum absolute atomic E-state index is 0.756. The third-order valence-corrected chi connectivity index (χ3v) is 3.32. The van der Waals surface area contributed by atoms with Crippen LogP contribution in [0.5, 0.6) is 5.75 Å². The number of aryl methyl sites for hydroxylation is 1. The van der Waals surface area contributed by atoms with Crippen LogP contribution in [0.25, 0.3) is 11.1 Å². The van der Waals surface area contributed by atoms with Crippen LogP contribution in [0, 0.1) is 6.92 Å². The molecule has 0 fully saturated rings. The van der Waals surface area contributed by atoms with Gasteiger partial charge in [0.1, 0.15) is 5.75 Å². The van der Waals surface area contributed by atoms with E-state index in [1.807, 2.05) is 13.1 Å². The normalized spacial score (nSPS) is 10.6. The van der Waals surface area contributed by atoms with Crippen molar-refractivity contribution < 1.29 is 4.74 Å². The lowest BCUT2D eigenvalue weighted by Crippen LogP contribution is -2.05. The summed E-state index contributed by atoms with van der Waals surface area (Å²) in [5.74, 6) is 0.971. The molecular weight excluding hydrogens is 246 g/mol. The van der Waals surface area contributed by atoms with Crippen LogP contribution in [-0.2, 0) is 6.54 Å². The third kappa shape index (κ3) is 3.40. The van der Waals surface area contributed by atoms with E-state index in [-0.39, 0.29) is 0 Å². The zero-order chi connectivity index (χ0) is 14.4. The van der Waals surface area contributed by atoms with Gasteiger partial charge in [-0.05, 0) is 49.2 Å². The second kappa shape index (κ2) is 7.11. The number of nitrogens with one attached hydrogen (secondary N) is 1. The van der Waals surface area contributed by atoms with Gasteiger partial charge in [-0.15, -0.1) is 0 Å². The molecule has 0 atom stereocenters. The lowest BCUT2D eigenvalue weighted by molar-refractivity contribution is 0.318. The van der Waals surface area contributed by atoms with E-state index in [4.69, 9.17) is 4.74 Å². The summed E-state index contributed by atoms with van der Waals surface area (Å²) in [5, 5.41) is 3.20. The second-order valence-corrected chi connectivity index (χ2v) is 5.02. The zero-order valence-corrected chi connectivity index (χ0v) is 12.6. The molecule has 2 nitrogen and oxygen atoms in total. The molecule has 2 heteroatoms.